The summed E-state index contributed by atoms with van der Waals surface area (Å²) in [6.45, 7) is 0.0607. The highest BCUT2D eigenvalue weighted by Crippen LogP contribution is 2.15. The summed E-state index contributed by atoms with van der Waals surface area (Å²) in [5, 5.41) is 7.10. The number of hydrogen-bond acceptors (Lipinski definition) is 4. The minimum Gasteiger partial charge on any atom is -0.497 e. The SMILES string of the molecule is COc1ccc(C(=O)/C=C/c2ccc(OCC(=N)N)cc2)cc1. The third-order valence-electron chi connectivity index (χ3n) is 3.08. The van der Waals surface area contributed by atoms with Crippen LogP contribution in [0.25, 0.3) is 6.08 Å². The maximum atomic E-state index is 12.1. The molecule has 5 nitrogen and oxygen atoms in total. The number of hydrogen-bond donors (Lipinski definition) is 2. The summed E-state index contributed by atoms with van der Waals surface area (Å²) in [5.74, 6) is 1.23. The van der Waals surface area contributed by atoms with Gasteiger partial charge in [0, 0.05) is 5.56 Å². The van der Waals surface area contributed by atoms with Crippen molar-refractivity contribution in [3.63, 3.8) is 0 Å². The Morgan fingerprint density at radius 1 is 1.09 bits per heavy atom. The van der Waals surface area contributed by atoms with Crippen molar-refractivity contribution in [1.29, 1.82) is 5.41 Å². The van der Waals surface area contributed by atoms with Crippen LogP contribution in [-0.2, 0) is 0 Å². The van der Waals surface area contributed by atoms with Crippen LogP contribution in [0.2, 0.25) is 0 Å². The molecular weight excluding hydrogens is 292 g/mol. The third kappa shape index (κ3) is 5.00. The van der Waals surface area contributed by atoms with Crippen LogP contribution in [0, 0.1) is 5.41 Å². The van der Waals surface area contributed by atoms with Crippen molar-refractivity contribution in [3.05, 3.63) is 65.7 Å². The number of benzene rings is 2. The maximum Gasteiger partial charge on any atom is 0.185 e. The van der Waals surface area contributed by atoms with Crippen LogP contribution in [0.15, 0.2) is 54.6 Å². The van der Waals surface area contributed by atoms with Crippen LogP contribution < -0.4 is 15.2 Å². The Balaban J connectivity index is 1.98. The second kappa shape index (κ2) is 7.79. The van der Waals surface area contributed by atoms with Gasteiger partial charge >= 0.3 is 0 Å². The fourth-order valence-electron chi connectivity index (χ4n) is 1.86. The van der Waals surface area contributed by atoms with Gasteiger partial charge in [-0.1, -0.05) is 18.2 Å². The molecular formula is C18H18N2O3. The molecule has 2 aromatic rings. The molecule has 2 rings (SSSR count). The monoisotopic (exact) mass is 310 g/mol. The first-order valence-electron chi connectivity index (χ1n) is 7.00. The first kappa shape index (κ1) is 16.3. The Labute approximate surface area is 134 Å². The van der Waals surface area contributed by atoms with Gasteiger partial charge in [0.25, 0.3) is 0 Å². The lowest BCUT2D eigenvalue weighted by atomic mass is 10.1. The zero-order valence-corrected chi connectivity index (χ0v) is 12.8. The molecule has 0 fully saturated rings. The topological polar surface area (TPSA) is 85.4 Å². The number of nitrogens with two attached hydrogens (primary N) is 1. The van der Waals surface area contributed by atoms with Gasteiger partial charge in [-0.15, -0.1) is 0 Å². The Bertz CT molecular complexity index is 704. The van der Waals surface area contributed by atoms with Crippen molar-refractivity contribution in [3.8, 4) is 11.5 Å². The van der Waals surface area contributed by atoms with Crippen molar-refractivity contribution in [1.82, 2.24) is 0 Å². The standard InChI is InChI=1S/C18H18N2O3/c1-22-15-9-5-14(6-10-15)17(21)11-4-13-2-7-16(8-3-13)23-12-18(19)20/h2-11H,12H2,1H3,(H3,19,20)/b11-4+. The second-order valence-electron chi connectivity index (χ2n) is 4.81. The van der Waals surface area contributed by atoms with E-state index in [1.54, 1.807) is 49.6 Å². The van der Waals surface area contributed by atoms with Gasteiger partial charge in [-0.25, -0.2) is 0 Å². The predicted octanol–water partition coefficient (Wildman–Crippen LogP) is 2.91. The highest BCUT2D eigenvalue weighted by Gasteiger charge is 2.02. The van der Waals surface area contributed by atoms with E-state index in [2.05, 4.69) is 0 Å². The summed E-state index contributed by atoms with van der Waals surface area (Å²) < 4.78 is 10.3. The molecule has 0 aliphatic carbocycles. The van der Waals surface area contributed by atoms with Gasteiger partial charge in [-0.3, -0.25) is 10.2 Å². The van der Waals surface area contributed by atoms with Crippen LogP contribution in [0.5, 0.6) is 11.5 Å². The summed E-state index contributed by atoms with van der Waals surface area (Å²) in [6.07, 6.45) is 3.26. The summed E-state index contributed by atoms with van der Waals surface area (Å²) in [7, 11) is 1.58. The lowest BCUT2D eigenvalue weighted by Gasteiger charge is -2.04. The Morgan fingerprint density at radius 2 is 1.70 bits per heavy atom. The van der Waals surface area contributed by atoms with E-state index < -0.39 is 0 Å². The fourth-order valence-corrected chi connectivity index (χ4v) is 1.86. The molecule has 0 bridgehead atoms. The van der Waals surface area contributed by atoms with E-state index in [1.165, 1.54) is 6.08 Å². The first-order valence-corrected chi connectivity index (χ1v) is 7.00. The molecule has 0 aliphatic rings. The molecule has 5 heteroatoms. The second-order valence-corrected chi connectivity index (χ2v) is 4.81. The first-order chi connectivity index (χ1) is 11.1. The molecule has 2 aromatic carbocycles. The molecule has 0 atom stereocenters. The minimum absolute atomic E-state index is 0.0286. The average Bonchev–Trinajstić information content (AvgIpc) is 2.58. The van der Waals surface area contributed by atoms with Gasteiger partial charge in [0.15, 0.2) is 5.78 Å². The molecule has 23 heavy (non-hydrogen) atoms. The smallest absolute Gasteiger partial charge is 0.185 e. The Hall–Kier alpha value is -3.08. The van der Waals surface area contributed by atoms with E-state index in [4.69, 9.17) is 20.6 Å². The molecule has 0 saturated heterocycles. The zero-order chi connectivity index (χ0) is 16.7. The van der Waals surface area contributed by atoms with E-state index in [0.29, 0.717) is 17.1 Å². The number of allylic oxidation sites excluding steroid dienone is 1. The third-order valence-corrected chi connectivity index (χ3v) is 3.08. The van der Waals surface area contributed by atoms with E-state index >= 15 is 0 Å². The quantitative estimate of drug-likeness (QED) is 0.356. The maximum absolute atomic E-state index is 12.1. The number of ether oxygens (including phenoxy) is 2. The fraction of sp³-hybridized carbons (Fsp3) is 0.111. The van der Waals surface area contributed by atoms with E-state index in [1.807, 2.05) is 12.1 Å². The average molecular weight is 310 g/mol. The molecule has 0 saturated carbocycles. The van der Waals surface area contributed by atoms with Crippen molar-refractivity contribution >= 4 is 17.7 Å². The van der Waals surface area contributed by atoms with Gasteiger partial charge in [0.05, 0.1) is 7.11 Å². The summed E-state index contributed by atoms with van der Waals surface area (Å²) in [5.41, 5.74) is 6.70. The normalized spacial score (nSPS) is 10.5. The van der Waals surface area contributed by atoms with E-state index in [0.717, 1.165) is 5.56 Å². The van der Waals surface area contributed by atoms with Gasteiger partial charge in [-0.05, 0) is 48.0 Å². The molecule has 0 radical (unpaired) electrons. The number of amidine groups is 1. The summed E-state index contributed by atoms with van der Waals surface area (Å²) in [4.78, 5) is 12.1. The van der Waals surface area contributed by atoms with Gasteiger partial charge in [0.1, 0.15) is 23.9 Å². The number of rotatable bonds is 7. The zero-order valence-electron chi connectivity index (χ0n) is 12.8. The summed E-state index contributed by atoms with van der Waals surface area (Å²) in [6, 6.07) is 14.1. The molecule has 0 amide bonds. The molecule has 0 unspecified atom stereocenters. The van der Waals surface area contributed by atoms with Crippen LogP contribution in [0.3, 0.4) is 0 Å². The lowest BCUT2D eigenvalue weighted by Crippen LogP contribution is -2.19. The van der Waals surface area contributed by atoms with Crippen molar-refractivity contribution in [2.75, 3.05) is 13.7 Å². The molecule has 0 aliphatic heterocycles. The number of methoxy groups -OCH3 is 1. The molecule has 0 aromatic heterocycles. The van der Waals surface area contributed by atoms with Crippen LogP contribution in [-0.4, -0.2) is 25.3 Å². The number of carbonyl (C=O) groups is 1. The molecule has 118 valence electrons. The van der Waals surface area contributed by atoms with Crippen LogP contribution in [0.1, 0.15) is 15.9 Å². The highest BCUT2D eigenvalue weighted by atomic mass is 16.5. The van der Waals surface area contributed by atoms with Crippen molar-refractivity contribution in [2.24, 2.45) is 5.73 Å². The van der Waals surface area contributed by atoms with E-state index in [9.17, 15) is 4.79 Å². The van der Waals surface area contributed by atoms with E-state index in [-0.39, 0.29) is 18.2 Å². The van der Waals surface area contributed by atoms with Crippen molar-refractivity contribution in [2.45, 2.75) is 0 Å². The van der Waals surface area contributed by atoms with Crippen LogP contribution >= 0.6 is 0 Å². The van der Waals surface area contributed by atoms with Gasteiger partial charge in [0.2, 0.25) is 0 Å². The molecule has 3 N–H and O–H groups in total. The predicted molar refractivity (Wildman–Crippen MR) is 90.2 cm³/mol. The summed E-state index contributed by atoms with van der Waals surface area (Å²) >= 11 is 0. The Kier molecular flexibility index (Phi) is 5.52. The number of nitrogens with one attached hydrogen (secondary N) is 1. The molecule has 0 heterocycles. The minimum atomic E-state index is -0.0791. The largest absolute Gasteiger partial charge is 0.497 e. The van der Waals surface area contributed by atoms with Gasteiger partial charge in [-0.2, -0.15) is 0 Å². The lowest BCUT2D eigenvalue weighted by molar-refractivity contribution is 0.104. The van der Waals surface area contributed by atoms with Crippen LogP contribution in [0.4, 0.5) is 0 Å². The number of carbonyl (C=O) groups excluding carboxylic acids is 1. The van der Waals surface area contributed by atoms with Crippen molar-refractivity contribution < 1.29 is 14.3 Å². The van der Waals surface area contributed by atoms with Gasteiger partial charge < -0.3 is 15.2 Å². The highest BCUT2D eigenvalue weighted by molar-refractivity contribution is 6.06. The number of ketones is 1. The Morgan fingerprint density at radius 3 is 2.26 bits per heavy atom. The molecule has 0 spiro atoms.